The van der Waals surface area contributed by atoms with Crippen LogP contribution >= 0.6 is 0 Å². The third-order valence-corrected chi connectivity index (χ3v) is 7.57. The van der Waals surface area contributed by atoms with Crippen LogP contribution in [0.4, 0.5) is 9.18 Å². The summed E-state index contributed by atoms with van der Waals surface area (Å²) in [6.45, 7) is 5.02. The lowest BCUT2D eigenvalue weighted by Gasteiger charge is -2.66. The summed E-state index contributed by atoms with van der Waals surface area (Å²) in [5, 5.41) is 0. The number of fused-ring (bicyclic) bond motifs is 2. The topological polar surface area (TPSA) is 77.5 Å². The molecule has 0 atom stereocenters. The fraction of sp³-hybridized carbons (Fsp3) is 0.533. The van der Waals surface area contributed by atoms with Crippen LogP contribution in [-0.4, -0.2) is 80.6 Å². The maximum absolute atomic E-state index is 14.3. The molecule has 212 valence electrons. The molecule has 8 nitrogen and oxygen atoms in total. The largest absolute Gasteiger partial charge is 0.493 e. The lowest BCUT2D eigenvalue weighted by atomic mass is 9.53. The molecule has 0 aromatic heterocycles. The monoisotopic (exact) mass is 542 g/mol. The van der Waals surface area contributed by atoms with Crippen molar-refractivity contribution in [2.75, 3.05) is 47.2 Å². The predicted molar refractivity (Wildman–Crippen MR) is 145 cm³/mol. The van der Waals surface area contributed by atoms with Gasteiger partial charge in [-0.3, -0.25) is 9.18 Å². The fourth-order valence-corrected chi connectivity index (χ4v) is 6.15. The van der Waals surface area contributed by atoms with Crippen molar-refractivity contribution in [1.29, 1.82) is 0 Å². The Bertz CT molecular complexity index is 1140. The molecule has 2 aromatic rings. The van der Waals surface area contributed by atoms with E-state index in [1.54, 1.807) is 37.3 Å². The molecule has 5 rings (SSSR count). The second-order valence-electron chi connectivity index (χ2n) is 10.9. The van der Waals surface area contributed by atoms with Crippen LogP contribution in [0.3, 0.4) is 0 Å². The van der Waals surface area contributed by atoms with Crippen molar-refractivity contribution in [3.8, 4) is 11.5 Å². The van der Waals surface area contributed by atoms with Gasteiger partial charge >= 0.3 is 6.09 Å². The molecule has 0 N–H and O–H groups in total. The zero-order valence-electron chi connectivity index (χ0n) is 23.3. The van der Waals surface area contributed by atoms with Crippen LogP contribution in [0.15, 0.2) is 48.5 Å². The van der Waals surface area contributed by atoms with Gasteiger partial charge in [-0.1, -0.05) is 30.3 Å². The normalized spacial score (nSPS) is 21.7. The van der Waals surface area contributed by atoms with Gasteiger partial charge in [0.25, 0.3) is 5.91 Å². The van der Waals surface area contributed by atoms with E-state index in [0.29, 0.717) is 56.1 Å². The molecule has 9 heteroatoms. The molecule has 0 unspecified atom stereocenters. The molecule has 2 heterocycles. The van der Waals surface area contributed by atoms with E-state index in [2.05, 4.69) is 0 Å². The van der Waals surface area contributed by atoms with Crippen molar-refractivity contribution in [2.45, 2.75) is 51.3 Å². The van der Waals surface area contributed by atoms with Gasteiger partial charge in [-0.2, -0.15) is 0 Å². The van der Waals surface area contributed by atoms with Gasteiger partial charge in [0.05, 0.1) is 25.9 Å². The Hall–Kier alpha value is -3.33. The van der Waals surface area contributed by atoms with Gasteiger partial charge in [0.1, 0.15) is 6.61 Å². The highest BCUT2D eigenvalue weighted by atomic mass is 19.1. The van der Waals surface area contributed by atoms with Gasteiger partial charge in [0.15, 0.2) is 11.5 Å². The highest BCUT2D eigenvalue weighted by molar-refractivity contribution is 5.96. The third kappa shape index (κ3) is 6.13. The molecule has 3 aliphatic rings. The first-order valence-electron chi connectivity index (χ1n) is 13.4. The van der Waals surface area contributed by atoms with Crippen molar-refractivity contribution >= 4 is 12.0 Å². The van der Waals surface area contributed by atoms with Gasteiger partial charge in [-0.05, 0) is 50.5 Å². The number of rotatable bonds is 12. The smallest absolute Gasteiger partial charge is 0.410 e. The number of amides is 2. The van der Waals surface area contributed by atoms with Crippen LogP contribution in [0.2, 0.25) is 0 Å². The van der Waals surface area contributed by atoms with E-state index in [0.717, 1.165) is 5.56 Å². The molecule has 1 saturated carbocycles. The van der Waals surface area contributed by atoms with Gasteiger partial charge in [-0.15, -0.1) is 0 Å². The van der Waals surface area contributed by atoms with Gasteiger partial charge in [-0.25, -0.2) is 4.79 Å². The van der Waals surface area contributed by atoms with E-state index in [-0.39, 0.29) is 25.1 Å². The van der Waals surface area contributed by atoms with Crippen molar-refractivity contribution in [3.63, 3.8) is 0 Å². The summed E-state index contributed by atoms with van der Waals surface area (Å²) in [7, 11) is 3.18. The summed E-state index contributed by atoms with van der Waals surface area (Å²) < 4.78 is 36.3. The number of halogens is 1. The number of alkyl halides is 1. The number of methoxy groups -OCH3 is 2. The third-order valence-electron chi connectivity index (χ3n) is 7.57. The molecule has 2 aromatic carbocycles. The van der Waals surface area contributed by atoms with Crippen LogP contribution in [0.1, 0.15) is 49.0 Å². The number of hydrogen-bond donors (Lipinski definition) is 0. The molecule has 1 aliphatic carbocycles. The first-order valence-corrected chi connectivity index (χ1v) is 13.4. The Balaban J connectivity index is 1.54. The maximum Gasteiger partial charge on any atom is 0.410 e. The van der Waals surface area contributed by atoms with E-state index in [4.69, 9.17) is 18.9 Å². The lowest BCUT2D eigenvalue weighted by Crippen LogP contribution is -2.76. The average Bonchev–Trinajstić information content (AvgIpc) is 2.93. The number of benzene rings is 2. The summed E-state index contributed by atoms with van der Waals surface area (Å²) in [4.78, 5) is 30.5. The van der Waals surface area contributed by atoms with Crippen LogP contribution in [0.25, 0.3) is 0 Å². The standard InChI is InChI=1S/C30H39FN2O6/c1-22(2)33(27(34)24-11-12-25(37-4)26(15-24)38-14-8-13-36-3)30-17-29(18-30,19-31)20-32(21-30)28(35)39-16-23-9-6-5-7-10-23/h5-7,9-12,15,22H,8,13-14,16-21H2,1-4H3. The summed E-state index contributed by atoms with van der Waals surface area (Å²) in [6, 6.07) is 14.4. The van der Waals surface area contributed by atoms with Gasteiger partial charge in [0, 0.05) is 50.2 Å². The molecule has 3 fully saturated rings. The number of carbonyl (C=O) groups excluding carboxylic acids is 2. The average molecular weight is 543 g/mol. The number of ether oxygens (including phenoxy) is 4. The number of nitrogens with zero attached hydrogens (tertiary/aromatic N) is 2. The minimum absolute atomic E-state index is 0.137. The van der Waals surface area contributed by atoms with E-state index >= 15 is 0 Å². The molecular weight excluding hydrogens is 503 g/mol. The van der Waals surface area contributed by atoms with Crippen LogP contribution in [0.5, 0.6) is 11.5 Å². The van der Waals surface area contributed by atoms with Crippen molar-refractivity contribution in [1.82, 2.24) is 9.80 Å². The molecule has 2 bridgehead atoms. The Morgan fingerprint density at radius 3 is 2.41 bits per heavy atom. The molecule has 0 radical (unpaired) electrons. The molecule has 2 saturated heterocycles. The summed E-state index contributed by atoms with van der Waals surface area (Å²) in [6.07, 6.45) is 1.20. The minimum Gasteiger partial charge on any atom is -0.493 e. The Morgan fingerprint density at radius 2 is 1.77 bits per heavy atom. The summed E-state index contributed by atoms with van der Waals surface area (Å²) in [5.74, 6) is 0.812. The zero-order chi connectivity index (χ0) is 28.0. The van der Waals surface area contributed by atoms with Crippen LogP contribution in [0, 0.1) is 5.41 Å². The quantitative estimate of drug-likeness (QED) is 0.347. The molecular formula is C30H39FN2O6. The SMILES string of the molecule is COCCCOc1cc(C(=O)N(C(C)C)C23CN(C(=O)OCc4ccccc4)CC(CF)(C2)C3)ccc1OC. The highest BCUT2D eigenvalue weighted by Gasteiger charge is 2.64. The van der Waals surface area contributed by atoms with Crippen LogP contribution < -0.4 is 9.47 Å². The van der Waals surface area contributed by atoms with E-state index in [1.807, 2.05) is 49.1 Å². The first kappa shape index (κ1) is 28.7. The Morgan fingerprint density at radius 1 is 1.03 bits per heavy atom. The summed E-state index contributed by atoms with van der Waals surface area (Å²) >= 11 is 0. The molecule has 2 amide bonds. The van der Waals surface area contributed by atoms with Gasteiger partial charge < -0.3 is 28.7 Å². The van der Waals surface area contributed by atoms with E-state index in [1.165, 1.54) is 0 Å². The van der Waals surface area contributed by atoms with E-state index in [9.17, 15) is 14.0 Å². The number of hydrogen-bond acceptors (Lipinski definition) is 6. The maximum atomic E-state index is 14.3. The van der Waals surface area contributed by atoms with Gasteiger partial charge in [0.2, 0.25) is 0 Å². The molecule has 2 aliphatic heterocycles. The fourth-order valence-electron chi connectivity index (χ4n) is 6.15. The zero-order valence-corrected chi connectivity index (χ0v) is 23.3. The lowest BCUT2D eigenvalue weighted by molar-refractivity contribution is -0.151. The minimum atomic E-state index is -0.680. The summed E-state index contributed by atoms with van der Waals surface area (Å²) in [5.41, 5.74) is -0.0305. The number of carbonyl (C=O) groups is 2. The predicted octanol–water partition coefficient (Wildman–Crippen LogP) is 5.10. The first-order chi connectivity index (χ1) is 18.8. The molecule has 0 spiro atoms. The Kier molecular flexibility index (Phi) is 9.00. The van der Waals surface area contributed by atoms with Crippen LogP contribution in [-0.2, 0) is 16.1 Å². The second-order valence-corrected chi connectivity index (χ2v) is 10.9. The number of piperidine rings is 2. The second kappa shape index (κ2) is 12.2. The Labute approximate surface area is 230 Å². The van der Waals surface area contributed by atoms with Crippen molar-refractivity contribution < 1.29 is 32.9 Å². The van der Waals surface area contributed by atoms with Crippen molar-refractivity contribution in [3.05, 3.63) is 59.7 Å². The van der Waals surface area contributed by atoms with E-state index < -0.39 is 23.7 Å². The molecule has 39 heavy (non-hydrogen) atoms. The highest BCUT2D eigenvalue weighted by Crippen LogP contribution is 2.57. The van der Waals surface area contributed by atoms with Crippen molar-refractivity contribution in [2.24, 2.45) is 5.41 Å².